The second-order valence-electron chi connectivity index (χ2n) is 7.96. The van der Waals surface area contributed by atoms with Gasteiger partial charge in [0.2, 0.25) is 0 Å². The molecule has 0 radical (unpaired) electrons. The van der Waals surface area contributed by atoms with E-state index in [9.17, 15) is 14.4 Å². The van der Waals surface area contributed by atoms with Crippen molar-refractivity contribution >= 4 is 17.5 Å². The third-order valence-electron chi connectivity index (χ3n) is 5.84. The number of hydrogen-bond donors (Lipinski definition) is 2. The number of rotatable bonds is 3. The number of nitrogens with one attached hydrogen (secondary N) is 2. The lowest BCUT2D eigenvalue weighted by Gasteiger charge is -2.26. The highest BCUT2D eigenvalue weighted by atomic mass is 16.2. The molecule has 1 fully saturated rings. The summed E-state index contributed by atoms with van der Waals surface area (Å²) >= 11 is 0. The fourth-order valence-electron chi connectivity index (χ4n) is 4.23. The molecule has 0 spiro atoms. The van der Waals surface area contributed by atoms with Crippen LogP contribution in [0.1, 0.15) is 70.5 Å². The van der Waals surface area contributed by atoms with Crippen molar-refractivity contribution in [1.82, 2.24) is 9.88 Å². The number of anilines is 1. The van der Waals surface area contributed by atoms with Gasteiger partial charge in [0.15, 0.2) is 0 Å². The molecule has 6 heteroatoms. The van der Waals surface area contributed by atoms with E-state index < -0.39 is 5.91 Å². The largest absolute Gasteiger partial charge is 0.339 e. The maximum atomic E-state index is 12.8. The van der Waals surface area contributed by atoms with Gasteiger partial charge >= 0.3 is 0 Å². The normalized spacial score (nSPS) is 16.6. The van der Waals surface area contributed by atoms with Crippen molar-refractivity contribution in [2.45, 2.75) is 51.4 Å². The molecule has 2 N–H and O–H groups in total. The fraction of sp³-hybridized carbons (Fsp3) is 0.435. The smallest absolute Gasteiger partial charge is 0.261 e. The molecule has 1 aliphatic heterocycles. The number of carbonyl (C=O) groups excluding carboxylic acids is 2. The summed E-state index contributed by atoms with van der Waals surface area (Å²) in [6, 6.07) is 8.68. The molecule has 2 heterocycles. The van der Waals surface area contributed by atoms with Crippen molar-refractivity contribution in [3.63, 3.8) is 0 Å². The van der Waals surface area contributed by atoms with Gasteiger partial charge in [-0.05, 0) is 74.8 Å². The van der Waals surface area contributed by atoms with E-state index in [1.807, 2.05) is 4.90 Å². The number of benzene rings is 1. The van der Waals surface area contributed by atoms with Crippen LogP contribution in [0, 0.1) is 0 Å². The Morgan fingerprint density at radius 1 is 0.931 bits per heavy atom. The first-order chi connectivity index (χ1) is 14.1. The molecule has 1 saturated heterocycles. The molecule has 4 rings (SSSR count). The first kappa shape index (κ1) is 19.4. The topological polar surface area (TPSA) is 82.3 Å². The first-order valence-electron chi connectivity index (χ1n) is 10.6. The molecule has 0 atom stereocenters. The first-order valence-corrected chi connectivity index (χ1v) is 10.6. The summed E-state index contributed by atoms with van der Waals surface area (Å²) < 4.78 is 0. The molecule has 0 saturated carbocycles. The summed E-state index contributed by atoms with van der Waals surface area (Å²) in [5, 5.41) is 2.79. The zero-order valence-electron chi connectivity index (χ0n) is 16.6. The fourth-order valence-corrected chi connectivity index (χ4v) is 4.23. The van der Waals surface area contributed by atoms with Crippen LogP contribution >= 0.6 is 0 Å². The second kappa shape index (κ2) is 8.64. The third kappa shape index (κ3) is 4.42. The molecule has 152 valence electrons. The van der Waals surface area contributed by atoms with E-state index in [-0.39, 0.29) is 17.0 Å². The molecule has 0 bridgehead atoms. The summed E-state index contributed by atoms with van der Waals surface area (Å²) in [7, 11) is 0. The minimum Gasteiger partial charge on any atom is -0.339 e. The van der Waals surface area contributed by atoms with E-state index in [4.69, 9.17) is 0 Å². The number of piperidine rings is 1. The predicted octanol–water partition coefficient (Wildman–Crippen LogP) is 3.52. The van der Waals surface area contributed by atoms with Gasteiger partial charge < -0.3 is 15.2 Å². The van der Waals surface area contributed by atoms with Crippen molar-refractivity contribution in [1.29, 1.82) is 0 Å². The molecule has 1 aromatic heterocycles. The van der Waals surface area contributed by atoms with E-state index >= 15 is 0 Å². The maximum absolute atomic E-state index is 12.8. The quantitative estimate of drug-likeness (QED) is 0.783. The summed E-state index contributed by atoms with van der Waals surface area (Å²) in [6.45, 7) is 1.56. The van der Waals surface area contributed by atoms with E-state index in [2.05, 4.69) is 10.3 Å². The van der Waals surface area contributed by atoms with Crippen molar-refractivity contribution in [2.24, 2.45) is 0 Å². The highest BCUT2D eigenvalue weighted by Gasteiger charge is 2.20. The number of pyridine rings is 1. The molecule has 2 aliphatic rings. The van der Waals surface area contributed by atoms with Crippen molar-refractivity contribution in [3.8, 4) is 0 Å². The molecule has 1 aliphatic carbocycles. The van der Waals surface area contributed by atoms with Crippen molar-refractivity contribution in [3.05, 3.63) is 63.1 Å². The highest BCUT2D eigenvalue weighted by Crippen LogP contribution is 2.20. The minimum absolute atomic E-state index is 0.0105. The van der Waals surface area contributed by atoms with Gasteiger partial charge in [0.05, 0.1) is 0 Å². The van der Waals surface area contributed by atoms with E-state index in [1.165, 1.54) is 0 Å². The molecule has 2 amide bonds. The average molecular weight is 393 g/mol. The van der Waals surface area contributed by atoms with Crippen LogP contribution in [0.5, 0.6) is 0 Å². The molecule has 1 aromatic carbocycles. The predicted molar refractivity (Wildman–Crippen MR) is 112 cm³/mol. The number of carbonyl (C=O) groups is 2. The second-order valence-corrected chi connectivity index (χ2v) is 7.96. The Kier molecular flexibility index (Phi) is 5.79. The van der Waals surface area contributed by atoms with Crippen molar-refractivity contribution < 1.29 is 9.59 Å². The third-order valence-corrected chi connectivity index (χ3v) is 5.84. The number of aromatic amines is 1. The summed E-state index contributed by atoms with van der Waals surface area (Å²) in [5.74, 6) is -0.454. The van der Waals surface area contributed by atoms with Gasteiger partial charge in [-0.15, -0.1) is 0 Å². The Morgan fingerprint density at radius 2 is 1.69 bits per heavy atom. The van der Waals surface area contributed by atoms with Gasteiger partial charge in [-0.3, -0.25) is 14.4 Å². The number of likely N-dealkylation sites (tertiary alicyclic amines) is 1. The van der Waals surface area contributed by atoms with E-state index in [1.54, 1.807) is 30.3 Å². The summed E-state index contributed by atoms with van der Waals surface area (Å²) in [6.07, 6.45) is 8.23. The number of fused-ring (bicyclic) bond motifs is 1. The number of amides is 2. The maximum Gasteiger partial charge on any atom is 0.261 e. The number of hydrogen-bond acceptors (Lipinski definition) is 3. The lowest BCUT2D eigenvalue weighted by molar-refractivity contribution is 0.0724. The summed E-state index contributed by atoms with van der Waals surface area (Å²) in [4.78, 5) is 42.7. The average Bonchev–Trinajstić information content (AvgIpc) is 2.98. The van der Waals surface area contributed by atoms with Crippen LogP contribution in [-0.4, -0.2) is 34.8 Å². The SMILES string of the molecule is O=C(Nc1cccc(C(=O)N2CCCCC2)c1)c1cc2c([nH]c1=O)CCCCC2. The Bertz CT molecular complexity index is 974. The van der Waals surface area contributed by atoms with Crippen LogP contribution in [0.4, 0.5) is 5.69 Å². The van der Waals surface area contributed by atoms with E-state index in [0.29, 0.717) is 11.3 Å². The van der Waals surface area contributed by atoms with Crippen LogP contribution in [0.2, 0.25) is 0 Å². The summed E-state index contributed by atoms with van der Waals surface area (Å²) in [5.41, 5.74) is 2.86. The van der Waals surface area contributed by atoms with Gasteiger partial charge in [-0.1, -0.05) is 12.5 Å². The molecule has 6 nitrogen and oxygen atoms in total. The Morgan fingerprint density at radius 3 is 2.52 bits per heavy atom. The number of nitrogens with zero attached hydrogens (tertiary/aromatic N) is 1. The Balaban J connectivity index is 1.52. The van der Waals surface area contributed by atoms with Crippen LogP contribution in [0.3, 0.4) is 0 Å². The Labute approximate surface area is 170 Å². The van der Waals surface area contributed by atoms with Crippen LogP contribution in [-0.2, 0) is 12.8 Å². The monoisotopic (exact) mass is 393 g/mol. The molecule has 2 aromatic rings. The van der Waals surface area contributed by atoms with Gasteiger partial charge in [0.1, 0.15) is 5.56 Å². The van der Waals surface area contributed by atoms with Gasteiger partial charge in [-0.25, -0.2) is 0 Å². The lowest BCUT2D eigenvalue weighted by Crippen LogP contribution is -2.35. The molecular formula is C23H27N3O3. The lowest BCUT2D eigenvalue weighted by atomic mass is 10.1. The zero-order valence-corrected chi connectivity index (χ0v) is 16.6. The van der Waals surface area contributed by atoms with Crippen LogP contribution in [0.15, 0.2) is 35.1 Å². The molecular weight excluding hydrogens is 366 g/mol. The van der Waals surface area contributed by atoms with Crippen LogP contribution in [0.25, 0.3) is 0 Å². The minimum atomic E-state index is -0.444. The van der Waals surface area contributed by atoms with E-state index in [0.717, 1.165) is 75.7 Å². The molecule has 0 unspecified atom stereocenters. The number of aryl methyl sites for hydroxylation is 2. The number of aromatic nitrogens is 1. The van der Waals surface area contributed by atoms with Crippen molar-refractivity contribution in [2.75, 3.05) is 18.4 Å². The van der Waals surface area contributed by atoms with Gasteiger partial charge in [-0.2, -0.15) is 0 Å². The standard InChI is InChI=1S/C23H27N3O3/c27-21(19-15-16-8-3-1-4-11-20(16)25-22(19)28)24-18-10-7-9-17(14-18)23(29)26-12-5-2-6-13-26/h7,9-10,14-15H,1-6,8,11-13H2,(H,24,27)(H,25,28). The highest BCUT2D eigenvalue weighted by molar-refractivity contribution is 6.05. The van der Waals surface area contributed by atoms with Gasteiger partial charge in [0, 0.05) is 30.0 Å². The van der Waals surface area contributed by atoms with Crippen LogP contribution < -0.4 is 10.9 Å². The van der Waals surface area contributed by atoms with Gasteiger partial charge in [0.25, 0.3) is 17.4 Å². The Hall–Kier alpha value is -2.89. The molecule has 29 heavy (non-hydrogen) atoms. The zero-order chi connectivity index (χ0) is 20.2. The number of H-pyrrole nitrogens is 1.